The van der Waals surface area contributed by atoms with Crippen molar-refractivity contribution >= 4 is 16.7 Å². The third kappa shape index (κ3) is 1.70. The lowest BCUT2D eigenvalue weighted by molar-refractivity contribution is 0.839. The molecule has 3 aromatic rings. The molecule has 19 heavy (non-hydrogen) atoms. The molecule has 0 fully saturated rings. The third-order valence-electron chi connectivity index (χ3n) is 3.90. The molecule has 1 aliphatic heterocycles. The summed E-state index contributed by atoms with van der Waals surface area (Å²) in [5.74, 6) is 0. The number of pyridine rings is 1. The van der Waals surface area contributed by atoms with Crippen LogP contribution in [0.25, 0.3) is 11.0 Å². The molecular weight excluding hydrogens is 234 g/mol. The molecule has 0 atom stereocenters. The van der Waals surface area contributed by atoms with Crippen LogP contribution in [0, 0.1) is 0 Å². The van der Waals surface area contributed by atoms with Crippen LogP contribution in [0.4, 0.5) is 5.69 Å². The van der Waals surface area contributed by atoms with Gasteiger partial charge in [-0.3, -0.25) is 0 Å². The molecule has 0 saturated heterocycles. The number of H-pyrrole nitrogens is 1. The minimum absolute atomic E-state index is 0.952. The third-order valence-corrected chi connectivity index (χ3v) is 3.90. The van der Waals surface area contributed by atoms with E-state index in [4.69, 9.17) is 0 Å². The van der Waals surface area contributed by atoms with Crippen molar-refractivity contribution in [1.82, 2.24) is 9.97 Å². The van der Waals surface area contributed by atoms with Gasteiger partial charge in [0.25, 0.3) is 0 Å². The first-order valence-corrected chi connectivity index (χ1v) is 6.66. The predicted molar refractivity (Wildman–Crippen MR) is 77.3 cm³/mol. The van der Waals surface area contributed by atoms with E-state index in [2.05, 4.69) is 51.3 Å². The molecule has 0 aliphatic carbocycles. The highest BCUT2D eigenvalue weighted by atomic mass is 15.1. The number of aromatic amines is 1. The normalized spacial score (nSPS) is 14.0. The van der Waals surface area contributed by atoms with E-state index in [-0.39, 0.29) is 0 Å². The van der Waals surface area contributed by atoms with Gasteiger partial charge in [-0.05, 0) is 35.7 Å². The number of hydrogen-bond donors (Lipinski definition) is 1. The predicted octanol–water partition coefficient (Wildman–Crippen LogP) is 3.13. The molecule has 0 amide bonds. The topological polar surface area (TPSA) is 31.9 Å². The quantitative estimate of drug-likeness (QED) is 0.756. The fourth-order valence-electron chi connectivity index (χ4n) is 2.93. The summed E-state index contributed by atoms with van der Waals surface area (Å²) in [6, 6.07) is 12.9. The summed E-state index contributed by atoms with van der Waals surface area (Å²) in [5, 5.41) is 1.23. The highest BCUT2D eigenvalue weighted by molar-refractivity contribution is 5.79. The number of para-hydroxylation sites is 1. The van der Waals surface area contributed by atoms with Crippen molar-refractivity contribution in [2.24, 2.45) is 0 Å². The Hall–Kier alpha value is -2.29. The highest BCUT2D eigenvalue weighted by Gasteiger charge is 2.19. The van der Waals surface area contributed by atoms with Crippen LogP contribution < -0.4 is 4.90 Å². The summed E-state index contributed by atoms with van der Waals surface area (Å²) < 4.78 is 0. The highest BCUT2D eigenvalue weighted by Crippen LogP contribution is 2.29. The molecule has 3 heterocycles. The molecule has 0 bridgehead atoms. The van der Waals surface area contributed by atoms with Crippen LogP contribution >= 0.6 is 0 Å². The summed E-state index contributed by atoms with van der Waals surface area (Å²) in [6.07, 6.45) is 4.99. The molecule has 0 radical (unpaired) electrons. The number of rotatable bonds is 2. The first kappa shape index (κ1) is 10.6. The standard InChI is InChI=1S/C16H15N3/c1-2-4-15-12(3-1)7-10-19(15)11-13-5-8-17-16-14(13)6-9-18-16/h1-6,8-9H,7,10-11H2,(H,17,18). The van der Waals surface area contributed by atoms with Gasteiger partial charge in [-0.2, -0.15) is 0 Å². The number of anilines is 1. The Kier molecular flexibility index (Phi) is 2.30. The van der Waals surface area contributed by atoms with Gasteiger partial charge in [0.15, 0.2) is 0 Å². The lowest BCUT2D eigenvalue weighted by Crippen LogP contribution is -2.19. The number of nitrogens with zero attached hydrogens (tertiary/aromatic N) is 2. The van der Waals surface area contributed by atoms with Gasteiger partial charge in [0.05, 0.1) is 0 Å². The van der Waals surface area contributed by atoms with Crippen LogP contribution in [0.15, 0.2) is 48.8 Å². The van der Waals surface area contributed by atoms with Gasteiger partial charge < -0.3 is 9.88 Å². The zero-order chi connectivity index (χ0) is 12.7. The van der Waals surface area contributed by atoms with Crippen LogP contribution in [0.5, 0.6) is 0 Å². The molecule has 3 heteroatoms. The number of benzene rings is 1. The average Bonchev–Trinajstić information content (AvgIpc) is 3.06. The molecular formula is C16H15N3. The second-order valence-corrected chi connectivity index (χ2v) is 5.01. The molecule has 0 saturated carbocycles. The van der Waals surface area contributed by atoms with Crippen molar-refractivity contribution in [3.8, 4) is 0 Å². The zero-order valence-corrected chi connectivity index (χ0v) is 10.6. The molecule has 3 nitrogen and oxygen atoms in total. The van der Waals surface area contributed by atoms with Crippen LogP contribution in [0.1, 0.15) is 11.1 Å². The lowest BCUT2D eigenvalue weighted by Gasteiger charge is -2.19. The maximum Gasteiger partial charge on any atom is 0.137 e. The van der Waals surface area contributed by atoms with Crippen molar-refractivity contribution in [3.05, 3.63) is 59.9 Å². The summed E-state index contributed by atoms with van der Waals surface area (Å²) in [7, 11) is 0. The average molecular weight is 249 g/mol. The second kappa shape index (κ2) is 4.12. The van der Waals surface area contributed by atoms with E-state index in [1.807, 2.05) is 12.4 Å². The van der Waals surface area contributed by atoms with E-state index >= 15 is 0 Å². The molecule has 0 unspecified atom stereocenters. The lowest BCUT2D eigenvalue weighted by atomic mass is 10.1. The fourth-order valence-corrected chi connectivity index (χ4v) is 2.93. The fraction of sp³-hybridized carbons (Fsp3) is 0.188. The van der Waals surface area contributed by atoms with E-state index in [0.29, 0.717) is 0 Å². The van der Waals surface area contributed by atoms with Gasteiger partial charge in [0, 0.05) is 36.6 Å². The minimum Gasteiger partial charge on any atom is -0.367 e. The van der Waals surface area contributed by atoms with Crippen molar-refractivity contribution < 1.29 is 0 Å². The number of nitrogens with one attached hydrogen (secondary N) is 1. The smallest absolute Gasteiger partial charge is 0.137 e. The summed E-state index contributed by atoms with van der Waals surface area (Å²) in [4.78, 5) is 9.98. The van der Waals surface area contributed by atoms with Crippen molar-refractivity contribution in [3.63, 3.8) is 0 Å². The Labute approximate surface area is 111 Å². The van der Waals surface area contributed by atoms with Gasteiger partial charge in [0.1, 0.15) is 5.65 Å². The molecule has 94 valence electrons. The molecule has 1 aromatic carbocycles. The monoisotopic (exact) mass is 249 g/mol. The number of aromatic nitrogens is 2. The largest absolute Gasteiger partial charge is 0.367 e. The molecule has 2 aromatic heterocycles. The number of fused-ring (bicyclic) bond motifs is 2. The summed E-state index contributed by atoms with van der Waals surface area (Å²) in [5.41, 5.74) is 5.15. The van der Waals surface area contributed by atoms with Crippen LogP contribution in [0.2, 0.25) is 0 Å². The van der Waals surface area contributed by atoms with Gasteiger partial charge in [-0.25, -0.2) is 4.98 Å². The second-order valence-electron chi connectivity index (χ2n) is 5.01. The van der Waals surface area contributed by atoms with Crippen molar-refractivity contribution in [2.45, 2.75) is 13.0 Å². The minimum atomic E-state index is 0.952. The van der Waals surface area contributed by atoms with E-state index in [1.54, 1.807) is 0 Å². The maximum absolute atomic E-state index is 4.35. The number of hydrogen-bond acceptors (Lipinski definition) is 2. The Morgan fingerprint density at radius 2 is 2.11 bits per heavy atom. The first-order valence-electron chi connectivity index (χ1n) is 6.66. The Bertz CT molecular complexity index is 729. The van der Waals surface area contributed by atoms with Crippen LogP contribution in [-0.4, -0.2) is 16.5 Å². The van der Waals surface area contributed by atoms with Crippen LogP contribution in [-0.2, 0) is 13.0 Å². The van der Waals surface area contributed by atoms with Gasteiger partial charge >= 0.3 is 0 Å². The molecule has 1 N–H and O–H groups in total. The van der Waals surface area contributed by atoms with Crippen LogP contribution in [0.3, 0.4) is 0 Å². The van der Waals surface area contributed by atoms with Crippen molar-refractivity contribution in [1.29, 1.82) is 0 Å². The van der Waals surface area contributed by atoms with Crippen molar-refractivity contribution in [2.75, 3.05) is 11.4 Å². The maximum atomic E-state index is 4.35. The van der Waals surface area contributed by atoms with Gasteiger partial charge in [0.2, 0.25) is 0 Å². The summed E-state index contributed by atoms with van der Waals surface area (Å²) in [6.45, 7) is 2.06. The Morgan fingerprint density at radius 3 is 3.11 bits per heavy atom. The summed E-state index contributed by atoms with van der Waals surface area (Å²) >= 11 is 0. The zero-order valence-electron chi connectivity index (χ0n) is 10.6. The Balaban J connectivity index is 1.71. The first-order chi connectivity index (χ1) is 9.42. The molecule has 1 aliphatic rings. The molecule has 4 rings (SSSR count). The van der Waals surface area contributed by atoms with Gasteiger partial charge in [-0.15, -0.1) is 0 Å². The van der Waals surface area contributed by atoms with E-state index in [9.17, 15) is 0 Å². The Morgan fingerprint density at radius 1 is 1.16 bits per heavy atom. The van der Waals surface area contributed by atoms with E-state index in [1.165, 1.54) is 22.2 Å². The van der Waals surface area contributed by atoms with Gasteiger partial charge in [-0.1, -0.05) is 18.2 Å². The van der Waals surface area contributed by atoms with E-state index in [0.717, 1.165) is 25.2 Å². The molecule has 0 spiro atoms. The van der Waals surface area contributed by atoms with E-state index < -0.39 is 0 Å². The SMILES string of the molecule is c1ccc2c(c1)CCN2Cc1ccnc2[nH]ccc12.